The van der Waals surface area contributed by atoms with Crippen LogP contribution < -0.4 is 25.6 Å². The van der Waals surface area contributed by atoms with Crippen molar-refractivity contribution >= 4 is 40.7 Å². The lowest BCUT2D eigenvalue weighted by Crippen LogP contribution is -2.44. The predicted molar refractivity (Wildman–Crippen MR) is 103 cm³/mol. The molecule has 2 aromatic rings. The maximum absolute atomic E-state index is 12.8. The average molecular weight is 393 g/mol. The van der Waals surface area contributed by atoms with Crippen molar-refractivity contribution in [1.29, 1.82) is 0 Å². The summed E-state index contributed by atoms with van der Waals surface area (Å²) in [5.74, 6) is 1.70. The van der Waals surface area contributed by atoms with Crippen molar-refractivity contribution in [2.45, 2.75) is 5.75 Å². The van der Waals surface area contributed by atoms with Crippen molar-refractivity contribution in [2.75, 3.05) is 17.9 Å². The molecule has 2 aromatic carbocycles. The maximum atomic E-state index is 12.8. The van der Waals surface area contributed by atoms with Gasteiger partial charge in [0.05, 0.1) is 5.75 Å². The van der Waals surface area contributed by atoms with Crippen LogP contribution in [0.3, 0.4) is 0 Å². The van der Waals surface area contributed by atoms with Crippen LogP contribution in [-0.2, 0) is 10.5 Å². The largest absolute Gasteiger partial charge is 0.454 e. The molecule has 0 radical (unpaired) electrons. The van der Waals surface area contributed by atoms with Crippen LogP contribution in [0, 0.1) is 5.82 Å². The first-order chi connectivity index (χ1) is 12.6. The van der Waals surface area contributed by atoms with E-state index in [1.807, 2.05) is 0 Å². The van der Waals surface area contributed by atoms with E-state index in [0.717, 1.165) is 5.56 Å². The zero-order chi connectivity index (χ0) is 18.4. The molecule has 1 heterocycles. The van der Waals surface area contributed by atoms with E-state index in [0.29, 0.717) is 22.9 Å². The number of hydrogen-bond acceptors (Lipinski definition) is 5. The smallest absolute Gasteiger partial charge is 0.248 e. The Balaban J connectivity index is 1.36. The molecule has 1 amide bonds. The van der Waals surface area contributed by atoms with Crippen molar-refractivity contribution < 1.29 is 18.7 Å². The number of halogens is 1. The highest BCUT2D eigenvalue weighted by Gasteiger charge is 2.13. The van der Waals surface area contributed by atoms with Crippen LogP contribution in [-0.4, -0.2) is 23.6 Å². The Morgan fingerprint density at radius 3 is 2.69 bits per heavy atom. The molecule has 0 atom stereocenters. The molecule has 0 aliphatic carbocycles. The summed E-state index contributed by atoms with van der Waals surface area (Å²) < 4.78 is 23.3. The number of carbonyl (C=O) groups is 1. The molecule has 3 rings (SSSR count). The fourth-order valence-corrected chi connectivity index (χ4v) is 3.10. The van der Waals surface area contributed by atoms with E-state index in [1.54, 1.807) is 30.3 Å². The third-order valence-corrected chi connectivity index (χ3v) is 4.57. The van der Waals surface area contributed by atoms with Crippen molar-refractivity contribution in [1.82, 2.24) is 10.9 Å². The second-order valence-electron chi connectivity index (χ2n) is 5.31. The SMILES string of the molecule is O=C(CSCc1ccc(F)cc1)NNC(=S)Nc1ccc2c(c1)OCO2. The van der Waals surface area contributed by atoms with Crippen molar-refractivity contribution in [3.8, 4) is 11.5 Å². The molecule has 1 aliphatic rings. The second kappa shape index (κ2) is 8.72. The summed E-state index contributed by atoms with van der Waals surface area (Å²) in [6.07, 6.45) is 0. The molecule has 3 N–H and O–H groups in total. The van der Waals surface area contributed by atoms with Gasteiger partial charge in [0, 0.05) is 17.5 Å². The summed E-state index contributed by atoms with van der Waals surface area (Å²) in [4.78, 5) is 11.8. The van der Waals surface area contributed by atoms with Crippen LogP contribution in [0.1, 0.15) is 5.56 Å². The number of hydrogen-bond donors (Lipinski definition) is 3. The molecule has 0 spiro atoms. The first kappa shape index (κ1) is 18.3. The highest BCUT2D eigenvalue weighted by atomic mass is 32.2. The molecule has 26 heavy (non-hydrogen) atoms. The number of anilines is 1. The van der Waals surface area contributed by atoms with Crippen molar-refractivity contribution in [3.05, 3.63) is 53.8 Å². The molecule has 136 valence electrons. The van der Waals surface area contributed by atoms with Gasteiger partial charge in [0.2, 0.25) is 12.7 Å². The molecule has 1 aliphatic heterocycles. The van der Waals surface area contributed by atoms with Crippen molar-refractivity contribution in [2.24, 2.45) is 0 Å². The van der Waals surface area contributed by atoms with Gasteiger partial charge in [-0.15, -0.1) is 11.8 Å². The number of carbonyl (C=O) groups excluding carboxylic acids is 1. The Morgan fingerprint density at radius 2 is 1.88 bits per heavy atom. The third-order valence-electron chi connectivity index (χ3n) is 3.36. The van der Waals surface area contributed by atoms with E-state index in [9.17, 15) is 9.18 Å². The Morgan fingerprint density at radius 1 is 1.12 bits per heavy atom. The molecular formula is C17H16FN3O3S2. The number of hydrazine groups is 1. The molecule has 0 fully saturated rings. The third kappa shape index (κ3) is 5.24. The van der Waals surface area contributed by atoms with Gasteiger partial charge in [-0.3, -0.25) is 15.6 Å². The summed E-state index contributed by atoms with van der Waals surface area (Å²) >= 11 is 6.55. The van der Waals surface area contributed by atoms with Gasteiger partial charge in [-0.2, -0.15) is 0 Å². The van der Waals surface area contributed by atoms with E-state index >= 15 is 0 Å². The normalized spacial score (nSPS) is 11.7. The van der Waals surface area contributed by atoms with Crippen LogP contribution in [0.2, 0.25) is 0 Å². The van der Waals surface area contributed by atoms with Gasteiger partial charge in [0.25, 0.3) is 0 Å². The molecule has 9 heteroatoms. The van der Waals surface area contributed by atoms with Crippen LogP contribution in [0.5, 0.6) is 11.5 Å². The Hall–Kier alpha value is -2.52. The highest BCUT2D eigenvalue weighted by Crippen LogP contribution is 2.34. The minimum absolute atomic E-state index is 0.202. The van der Waals surface area contributed by atoms with Gasteiger partial charge in [0.1, 0.15) is 5.82 Å². The number of thioether (sulfide) groups is 1. The minimum Gasteiger partial charge on any atom is -0.454 e. The summed E-state index contributed by atoms with van der Waals surface area (Å²) in [6, 6.07) is 11.5. The fourth-order valence-electron chi connectivity index (χ4n) is 2.14. The zero-order valence-electron chi connectivity index (χ0n) is 13.6. The van der Waals surface area contributed by atoms with Gasteiger partial charge < -0.3 is 14.8 Å². The first-order valence-electron chi connectivity index (χ1n) is 7.68. The summed E-state index contributed by atoms with van der Waals surface area (Å²) in [5.41, 5.74) is 6.83. The van der Waals surface area contributed by atoms with Gasteiger partial charge in [-0.05, 0) is 42.0 Å². The summed E-state index contributed by atoms with van der Waals surface area (Å²) in [6.45, 7) is 0.202. The van der Waals surface area contributed by atoms with Crippen molar-refractivity contribution in [3.63, 3.8) is 0 Å². The van der Waals surface area contributed by atoms with Gasteiger partial charge >= 0.3 is 0 Å². The van der Waals surface area contributed by atoms with Gasteiger partial charge in [0.15, 0.2) is 16.6 Å². The minimum atomic E-state index is -0.274. The van der Waals surface area contributed by atoms with Gasteiger partial charge in [-0.1, -0.05) is 12.1 Å². The van der Waals surface area contributed by atoms with E-state index in [4.69, 9.17) is 21.7 Å². The van der Waals surface area contributed by atoms with Crippen LogP contribution >= 0.6 is 24.0 Å². The summed E-state index contributed by atoms with van der Waals surface area (Å²) in [7, 11) is 0. The molecule has 6 nitrogen and oxygen atoms in total. The van der Waals surface area contributed by atoms with Crippen LogP contribution in [0.25, 0.3) is 0 Å². The fraction of sp³-hybridized carbons (Fsp3) is 0.176. The molecule has 0 aromatic heterocycles. The predicted octanol–water partition coefficient (Wildman–Crippen LogP) is 2.81. The number of benzene rings is 2. The maximum Gasteiger partial charge on any atom is 0.248 e. The Kier molecular flexibility index (Phi) is 6.13. The number of nitrogens with one attached hydrogen (secondary N) is 3. The number of rotatable bonds is 5. The highest BCUT2D eigenvalue weighted by molar-refractivity contribution is 7.99. The van der Waals surface area contributed by atoms with E-state index < -0.39 is 0 Å². The van der Waals surface area contributed by atoms with E-state index in [2.05, 4.69) is 16.2 Å². The number of thiocarbonyl (C=S) groups is 1. The lowest BCUT2D eigenvalue weighted by Gasteiger charge is -2.12. The number of fused-ring (bicyclic) bond motifs is 1. The first-order valence-corrected chi connectivity index (χ1v) is 9.24. The molecule has 0 bridgehead atoms. The topological polar surface area (TPSA) is 71.6 Å². The van der Waals surface area contributed by atoms with Crippen LogP contribution in [0.15, 0.2) is 42.5 Å². The lowest BCUT2D eigenvalue weighted by molar-refractivity contribution is -0.119. The summed E-state index contributed by atoms with van der Waals surface area (Å²) in [5, 5.41) is 3.19. The van der Waals surface area contributed by atoms with Gasteiger partial charge in [-0.25, -0.2) is 4.39 Å². The number of amides is 1. The average Bonchev–Trinajstić information content (AvgIpc) is 3.09. The Labute approximate surface area is 159 Å². The van der Waals surface area contributed by atoms with Crippen LogP contribution in [0.4, 0.5) is 10.1 Å². The zero-order valence-corrected chi connectivity index (χ0v) is 15.2. The molecular weight excluding hydrogens is 377 g/mol. The molecule has 0 unspecified atom stereocenters. The van der Waals surface area contributed by atoms with E-state index in [1.165, 1.54) is 23.9 Å². The van der Waals surface area contributed by atoms with E-state index in [-0.39, 0.29) is 29.4 Å². The standard InChI is InChI=1S/C17H16FN3O3S2/c18-12-3-1-11(2-4-12)8-26-9-16(22)20-21-17(25)19-13-5-6-14-15(7-13)24-10-23-14/h1-7H,8-10H2,(H,20,22)(H2,19,21,25). The molecule has 0 saturated heterocycles. The molecule has 0 saturated carbocycles. The Bertz CT molecular complexity index is 802. The second-order valence-corrected chi connectivity index (χ2v) is 6.71. The number of ether oxygens (including phenoxy) is 2. The quantitative estimate of drug-likeness (QED) is 0.533. The lowest BCUT2D eigenvalue weighted by atomic mass is 10.2. The monoisotopic (exact) mass is 393 g/mol.